The Labute approximate surface area is 136 Å². The number of carbonyl (C=O) groups excluding carboxylic acids is 1. The van der Waals surface area contributed by atoms with Gasteiger partial charge < -0.3 is 0 Å². The molecule has 1 aliphatic heterocycles. The summed E-state index contributed by atoms with van der Waals surface area (Å²) >= 11 is 0. The number of amides is 1. The number of sulfonamides is 2. The van der Waals surface area contributed by atoms with Crippen molar-refractivity contribution in [2.45, 2.75) is 38.1 Å². The van der Waals surface area contributed by atoms with E-state index in [4.69, 9.17) is 0 Å². The third-order valence-electron chi connectivity index (χ3n) is 3.18. The van der Waals surface area contributed by atoms with Gasteiger partial charge in [0.05, 0.1) is 22.3 Å². The van der Waals surface area contributed by atoms with Gasteiger partial charge in [-0.15, -0.1) is 0 Å². The van der Waals surface area contributed by atoms with Crippen LogP contribution in [0.15, 0.2) is 29.2 Å². The number of anilines is 1. The third-order valence-corrected chi connectivity index (χ3v) is 6.82. The summed E-state index contributed by atoms with van der Waals surface area (Å²) in [6.45, 7) is 6.70. The largest absolute Gasteiger partial charge is 0.273 e. The van der Waals surface area contributed by atoms with E-state index in [1.54, 1.807) is 27.7 Å². The van der Waals surface area contributed by atoms with Gasteiger partial charge in [-0.05, 0) is 45.0 Å². The zero-order chi connectivity index (χ0) is 17.6. The van der Waals surface area contributed by atoms with Crippen molar-refractivity contribution in [3.8, 4) is 0 Å². The quantitative estimate of drug-likeness (QED) is 0.869. The molecule has 7 nitrogen and oxygen atoms in total. The van der Waals surface area contributed by atoms with Crippen LogP contribution in [0.5, 0.6) is 0 Å². The zero-order valence-electron chi connectivity index (χ0n) is 13.4. The minimum Gasteiger partial charge on any atom is -0.273 e. The molecule has 1 fully saturated rings. The van der Waals surface area contributed by atoms with Crippen LogP contribution in [0.3, 0.4) is 0 Å². The smallest absolute Gasteiger partial charge is 0.244 e. The molecule has 9 heteroatoms. The monoisotopic (exact) mass is 360 g/mol. The van der Waals surface area contributed by atoms with Crippen molar-refractivity contribution in [2.75, 3.05) is 10.1 Å². The van der Waals surface area contributed by atoms with Crippen molar-refractivity contribution in [3.63, 3.8) is 0 Å². The maximum absolute atomic E-state index is 12.2. The van der Waals surface area contributed by atoms with E-state index in [9.17, 15) is 21.6 Å². The normalized spacial score (nSPS) is 21.7. The number of rotatable bonds is 3. The Balaban J connectivity index is 2.36. The maximum atomic E-state index is 12.2. The van der Waals surface area contributed by atoms with Gasteiger partial charge in [-0.1, -0.05) is 6.92 Å². The molecule has 0 aliphatic carbocycles. The van der Waals surface area contributed by atoms with Gasteiger partial charge in [-0.3, -0.25) is 4.79 Å². The van der Waals surface area contributed by atoms with Gasteiger partial charge in [-0.2, -0.15) is 0 Å². The Bertz CT molecular complexity index is 821. The highest BCUT2D eigenvalue weighted by Gasteiger charge is 2.42. The Hall–Kier alpha value is -1.45. The average molecular weight is 360 g/mol. The summed E-state index contributed by atoms with van der Waals surface area (Å²) in [5.74, 6) is -1.35. The molecule has 1 aliphatic rings. The number of carbonyl (C=O) groups is 1. The van der Waals surface area contributed by atoms with Crippen molar-refractivity contribution in [3.05, 3.63) is 24.3 Å². The van der Waals surface area contributed by atoms with Crippen LogP contribution in [-0.4, -0.2) is 34.0 Å². The van der Waals surface area contributed by atoms with E-state index in [2.05, 4.69) is 4.72 Å². The van der Waals surface area contributed by atoms with Gasteiger partial charge in [0, 0.05) is 5.54 Å². The predicted molar refractivity (Wildman–Crippen MR) is 87.0 cm³/mol. The first-order chi connectivity index (χ1) is 10.3. The molecule has 0 saturated carbocycles. The minimum atomic E-state index is -3.71. The Morgan fingerprint density at radius 3 is 2.09 bits per heavy atom. The third kappa shape index (κ3) is 3.73. The van der Waals surface area contributed by atoms with Crippen molar-refractivity contribution >= 4 is 31.6 Å². The Kier molecular flexibility index (Phi) is 4.33. The van der Waals surface area contributed by atoms with Gasteiger partial charge in [0.25, 0.3) is 0 Å². The lowest BCUT2D eigenvalue weighted by Crippen LogP contribution is -2.40. The van der Waals surface area contributed by atoms with Crippen molar-refractivity contribution in [2.24, 2.45) is 5.92 Å². The van der Waals surface area contributed by atoms with Crippen LogP contribution in [0, 0.1) is 5.92 Å². The minimum absolute atomic E-state index is 0.00765. The van der Waals surface area contributed by atoms with E-state index in [-0.39, 0.29) is 16.3 Å². The Morgan fingerprint density at radius 1 is 1.17 bits per heavy atom. The van der Waals surface area contributed by atoms with E-state index in [0.29, 0.717) is 0 Å². The molecule has 1 amide bonds. The summed E-state index contributed by atoms with van der Waals surface area (Å²) in [6.07, 6.45) is 0. The van der Waals surface area contributed by atoms with Gasteiger partial charge in [0.15, 0.2) is 0 Å². The highest BCUT2D eigenvalue weighted by atomic mass is 32.2. The lowest BCUT2D eigenvalue weighted by atomic mass is 10.1. The van der Waals surface area contributed by atoms with E-state index < -0.39 is 37.4 Å². The van der Waals surface area contributed by atoms with Crippen LogP contribution in [0.25, 0.3) is 0 Å². The van der Waals surface area contributed by atoms with Gasteiger partial charge >= 0.3 is 0 Å². The SMILES string of the molecule is CC1CS(=O)(=O)N(c2ccc(S(=O)(=O)NC(C)(C)C)cc2)C1=O. The molecule has 1 heterocycles. The number of hydrogen-bond donors (Lipinski definition) is 1. The first kappa shape index (κ1) is 17.9. The van der Waals surface area contributed by atoms with E-state index in [1.165, 1.54) is 24.3 Å². The summed E-state index contributed by atoms with van der Waals surface area (Å²) in [5, 5.41) is 0. The molecule has 0 spiro atoms. The van der Waals surface area contributed by atoms with Gasteiger partial charge in [0.1, 0.15) is 0 Å². The molecular weight excluding hydrogens is 340 g/mol. The summed E-state index contributed by atoms with van der Waals surface area (Å²) in [4.78, 5) is 12.0. The molecule has 0 aromatic heterocycles. The topological polar surface area (TPSA) is 101 Å². The van der Waals surface area contributed by atoms with Gasteiger partial charge in [0.2, 0.25) is 26.0 Å². The molecule has 1 unspecified atom stereocenters. The maximum Gasteiger partial charge on any atom is 0.244 e. The number of benzene rings is 1. The number of hydrogen-bond acceptors (Lipinski definition) is 5. The fourth-order valence-corrected chi connectivity index (χ4v) is 5.55. The second-order valence-corrected chi connectivity index (χ2v) is 10.2. The molecule has 128 valence electrons. The molecule has 23 heavy (non-hydrogen) atoms. The number of nitrogens with zero attached hydrogens (tertiary/aromatic N) is 1. The number of nitrogens with one attached hydrogen (secondary N) is 1. The molecule has 0 radical (unpaired) electrons. The molecule has 1 aromatic carbocycles. The second-order valence-electron chi connectivity index (χ2n) is 6.63. The molecule has 2 rings (SSSR count). The van der Waals surface area contributed by atoms with E-state index in [0.717, 1.165) is 4.31 Å². The van der Waals surface area contributed by atoms with Crippen LogP contribution >= 0.6 is 0 Å². The molecule has 1 atom stereocenters. The highest BCUT2D eigenvalue weighted by Crippen LogP contribution is 2.29. The van der Waals surface area contributed by atoms with Crippen molar-refractivity contribution in [1.82, 2.24) is 4.72 Å². The summed E-state index contributed by atoms with van der Waals surface area (Å²) in [5.41, 5.74) is -0.490. The molecular formula is C14H20N2O5S2. The summed E-state index contributed by atoms with van der Waals surface area (Å²) in [6, 6.07) is 5.22. The average Bonchev–Trinajstić information content (AvgIpc) is 2.55. The summed E-state index contributed by atoms with van der Waals surface area (Å²) < 4.78 is 51.7. The lowest BCUT2D eigenvalue weighted by Gasteiger charge is -2.21. The zero-order valence-corrected chi connectivity index (χ0v) is 15.0. The van der Waals surface area contributed by atoms with Crippen LogP contribution in [0.4, 0.5) is 5.69 Å². The molecule has 1 N–H and O–H groups in total. The summed E-state index contributed by atoms with van der Waals surface area (Å²) in [7, 11) is -7.41. The molecule has 1 aromatic rings. The van der Waals surface area contributed by atoms with Crippen molar-refractivity contribution in [1.29, 1.82) is 0 Å². The molecule has 0 bridgehead atoms. The predicted octanol–water partition coefficient (Wildman–Crippen LogP) is 1.08. The first-order valence-corrected chi connectivity index (χ1v) is 10.1. The van der Waals surface area contributed by atoms with Gasteiger partial charge in [-0.25, -0.2) is 25.9 Å². The molecule has 1 saturated heterocycles. The van der Waals surface area contributed by atoms with Crippen LogP contribution in [0.2, 0.25) is 0 Å². The van der Waals surface area contributed by atoms with Crippen LogP contribution in [0.1, 0.15) is 27.7 Å². The fourth-order valence-electron chi connectivity index (χ4n) is 2.31. The van der Waals surface area contributed by atoms with Crippen LogP contribution in [-0.2, 0) is 24.8 Å². The first-order valence-electron chi connectivity index (χ1n) is 7.04. The van der Waals surface area contributed by atoms with E-state index in [1.807, 2.05) is 0 Å². The lowest BCUT2D eigenvalue weighted by molar-refractivity contribution is -0.119. The highest BCUT2D eigenvalue weighted by molar-refractivity contribution is 7.94. The van der Waals surface area contributed by atoms with Crippen molar-refractivity contribution < 1.29 is 21.6 Å². The van der Waals surface area contributed by atoms with Crippen LogP contribution < -0.4 is 9.03 Å². The fraction of sp³-hybridized carbons (Fsp3) is 0.500. The second kappa shape index (κ2) is 5.57. The Morgan fingerprint density at radius 2 is 1.70 bits per heavy atom. The standard InChI is InChI=1S/C14H20N2O5S2/c1-10-9-22(18,19)16(13(10)17)11-5-7-12(8-6-11)23(20,21)15-14(2,3)4/h5-8,10,15H,9H2,1-4H3. The van der Waals surface area contributed by atoms with E-state index >= 15 is 0 Å².